The first-order valence-corrected chi connectivity index (χ1v) is 8.47. The Morgan fingerprint density at radius 1 is 1.12 bits per heavy atom. The van der Waals surface area contributed by atoms with Crippen LogP contribution in [0.1, 0.15) is 31.9 Å². The third-order valence-corrected chi connectivity index (χ3v) is 3.98. The van der Waals surface area contributed by atoms with Crippen LogP contribution in [0.25, 0.3) is 0 Å². The smallest absolute Gasteiger partial charge is 0.191 e. The average molecular weight is 343 g/mol. The molecule has 2 rings (SSSR count). The molecule has 0 aromatic heterocycles. The van der Waals surface area contributed by atoms with Crippen LogP contribution in [0, 0.1) is 5.82 Å². The van der Waals surface area contributed by atoms with Gasteiger partial charge in [0.15, 0.2) is 5.96 Å². The average Bonchev–Trinajstić information content (AvgIpc) is 2.57. The number of phenols is 1. The van der Waals surface area contributed by atoms with Crippen molar-refractivity contribution < 1.29 is 9.50 Å². The first kappa shape index (κ1) is 18.8. The van der Waals surface area contributed by atoms with Gasteiger partial charge in [0, 0.05) is 18.5 Å². The number of aromatic hydroxyl groups is 1. The Morgan fingerprint density at radius 2 is 1.88 bits per heavy atom. The number of halogens is 1. The van der Waals surface area contributed by atoms with E-state index >= 15 is 0 Å². The van der Waals surface area contributed by atoms with E-state index in [0.717, 1.165) is 17.7 Å². The summed E-state index contributed by atoms with van der Waals surface area (Å²) in [7, 11) is 0. The molecule has 5 heteroatoms. The minimum absolute atomic E-state index is 0.227. The van der Waals surface area contributed by atoms with Crippen LogP contribution >= 0.6 is 0 Å². The lowest BCUT2D eigenvalue weighted by Crippen LogP contribution is -2.43. The molecule has 0 bridgehead atoms. The summed E-state index contributed by atoms with van der Waals surface area (Å²) in [5.74, 6) is 0.697. The Bertz CT molecular complexity index is 728. The maximum Gasteiger partial charge on any atom is 0.191 e. The van der Waals surface area contributed by atoms with Crippen LogP contribution in [0.3, 0.4) is 0 Å². The molecule has 25 heavy (non-hydrogen) atoms. The number of phenolic OH excluding ortho intramolecular Hbond substituents is 1. The summed E-state index contributed by atoms with van der Waals surface area (Å²) in [5.41, 5.74) is 1.62. The van der Waals surface area contributed by atoms with Crippen molar-refractivity contribution in [2.75, 3.05) is 13.1 Å². The fourth-order valence-corrected chi connectivity index (χ4v) is 2.48. The molecule has 0 aliphatic carbocycles. The maximum atomic E-state index is 13.5. The van der Waals surface area contributed by atoms with Gasteiger partial charge in [0.05, 0.1) is 6.54 Å². The van der Waals surface area contributed by atoms with Crippen molar-refractivity contribution in [1.29, 1.82) is 0 Å². The molecule has 0 unspecified atom stereocenters. The van der Waals surface area contributed by atoms with Crippen molar-refractivity contribution in [3.63, 3.8) is 0 Å². The molecule has 0 spiro atoms. The molecular formula is C20H26FN3O. The number of hydrogen-bond donors (Lipinski definition) is 3. The second kappa shape index (κ2) is 8.51. The van der Waals surface area contributed by atoms with Crippen molar-refractivity contribution in [1.82, 2.24) is 10.6 Å². The number of benzene rings is 2. The Hall–Kier alpha value is -2.56. The number of rotatable bonds is 6. The summed E-state index contributed by atoms with van der Waals surface area (Å²) < 4.78 is 13.5. The molecule has 0 aliphatic rings. The minimum atomic E-state index is -0.247. The van der Waals surface area contributed by atoms with E-state index in [9.17, 15) is 9.50 Å². The lowest BCUT2D eigenvalue weighted by atomic mass is 9.84. The van der Waals surface area contributed by atoms with Crippen LogP contribution in [0.2, 0.25) is 0 Å². The largest absolute Gasteiger partial charge is 0.508 e. The Balaban J connectivity index is 2.04. The first-order chi connectivity index (χ1) is 11.9. The molecule has 134 valence electrons. The highest BCUT2D eigenvalue weighted by atomic mass is 19.1. The van der Waals surface area contributed by atoms with Crippen LogP contribution in [0.4, 0.5) is 4.39 Å². The van der Waals surface area contributed by atoms with Gasteiger partial charge in [-0.2, -0.15) is 0 Å². The van der Waals surface area contributed by atoms with Gasteiger partial charge in [-0.1, -0.05) is 38.1 Å². The van der Waals surface area contributed by atoms with E-state index in [0.29, 0.717) is 19.0 Å². The summed E-state index contributed by atoms with van der Waals surface area (Å²) in [5, 5.41) is 16.1. The molecule has 0 fully saturated rings. The standard InChI is InChI=1S/C20H26FN3O/c1-4-22-19(23-13-15-7-5-10-18(25)11-15)24-14-20(2,3)16-8-6-9-17(21)12-16/h5-12,25H,4,13-14H2,1-3H3,(H2,22,23,24). The van der Waals surface area contributed by atoms with Gasteiger partial charge >= 0.3 is 0 Å². The second-order valence-electron chi connectivity index (χ2n) is 6.61. The number of nitrogens with zero attached hydrogens (tertiary/aromatic N) is 1. The maximum absolute atomic E-state index is 13.5. The zero-order valence-corrected chi connectivity index (χ0v) is 15.0. The van der Waals surface area contributed by atoms with Gasteiger partial charge in [0.2, 0.25) is 0 Å². The summed E-state index contributed by atoms with van der Waals surface area (Å²) in [6, 6.07) is 13.7. The van der Waals surface area contributed by atoms with Gasteiger partial charge < -0.3 is 15.7 Å². The monoisotopic (exact) mass is 343 g/mol. The summed E-state index contributed by atoms with van der Waals surface area (Å²) >= 11 is 0. The van der Waals surface area contributed by atoms with E-state index in [1.807, 2.05) is 19.1 Å². The van der Waals surface area contributed by atoms with E-state index in [2.05, 4.69) is 29.5 Å². The second-order valence-corrected chi connectivity index (χ2v) is 6.61. The molecule has 2 aromatic carbocycles. The van der Waals surface area contributed by atoms with E-state index in [1.165, 1.54) is 6.07 Å². The molecule has 3 N–H and O–H groups in total. The van der Waals surface area contributed by atoms with Crippen molar-refractivity contribution in [3.05, 3.63) is 65.5 Å². The Kier molecular flexibility index (Phi) is 6.39. The molecule has 0 saturated carbocycles. The molecule has 0 atom stereocenters. The fraction of sp³-hybridized carbons (Fsp3) is 0.350. The van der Waals surface area contributed by atoms with E-state index in [-0.39, 0.29) is 17.0 Å². The Labute approximate surface area is 148 Å². The number of guanidine groups is 1. The van der Waals surface area contributed by atoms with Crippen LogP contribution in [-0.4, -0.2) is 24.2 Å². The highest BCUT2D eigenvalue weighted by Gasteiger charge is 2.21. The number of nitrogens with one attached hydrogen (secondary N) is 2. The predicted octanol–water partition coefficient (Wildman–Crippen LogP) is 3.56. The molecule has 0 heterocycles. The van der Waals surface area contributed by atoms with E-state index in [4.69, 9.17) is 0 Å². The normalized spacial score (nSPS) is 12.1. The molecule has 0 saturated heterocycles. The lowest BCUT2D eigenvalue weighted by molar-refractivity contribution is 0.474. The van der Waals surface area contributed by atoms with E-state index < -0.39 is 0 Å². The lowest BCUT2D eigenvalue weighted by Gasteiger charge is -2.27. The molecular weight excluding hydrogens is 317 g/mol. The summed E-state index contributed by atoms with van der Waals surface area (Å²) in [6.07, 6.45) is 0. The summed E-state index contributed by atoms with van der Waals surface area (Å²) in [4.78, 5) is 4.55. The van der Waals surface area contributed by atoms with Crippen LogP contribution in [0.5, 0.6) is 5.75 Å². The topological polar surface area (TPSA) is 56.7 Å². The van der Waals surface area contributed by atoms with Gasteiger partial charge in [-0.15, -0.1) is 0 Å². The minimum Gasteiger partial charge on any atom is -0.508 e. The summed E-state index contributed by atoms with van der Waals surface area (Å²) in [6.45, 7) is 7.95. The van der Waals surface area contributed by atoms with Gasteiger partial charge in [-0.25, -0.2) is 9.38 Å². The number of aliphatic imine (C=N–C) groups is 1. The predicted molar refractivity (Wildman–Crippen MR) is 100 cm³/mol. The number of hydrogen-bond acceptors (Lipinski definition) is 2. The third kappa shape index (κ3) is 5.78. The van der Waals surface area contributed by atoms with Crippen molar-refractivity contribution in [3.8, 4) is 5.75 Å². The SMILES string of the molecule is CCNC(=NCc1cccc(O)c1)NCC(C)(C)c1cccc(F)c1. The zero-order chi connectivity index (χ0) is 18.3. The molecule has 0 radical (unpaired) electrons. The van der Waals surface area contributed by atoms with Crippen LogP contribution < -0.4 is 10.6 Å². The fourth-order valence-electron chi connectivity index (χ4n) is 2.48. The molecule has 0 aliphatic heterocycles. The van der Waals surface area contributed by atoms with Crippen molar-refractivity contribution in [2.45, 2.75) is 32.7 Å². The van der Waals surface area contributed by atoms with Crippen LogP contribution in [-0.2, 0) is 12.0 Å². The van der Waals surface area contributed by atoms with E-state index in [1.54, 1.807) is 30.3 Å². The van der Waals surface area contributed by atoms with Gasteiger partial charge in [-0.3, -0.25) is 0 Å². The van der Waals surface area contributed by atoms with Gasteiger partial charge in [0.1, 0.15) is 11.6 Å². The van der Waals surface area contributed by atoms with Crippen molar-refractivity contribution in [2.24, 2.45) is 4.99 Å². The van der Waals surface area contributed by atoms with Crippen molar-refractivity contribution >= 4 is 5.96 Å². The van der Waals surface area contributed by atoms with Gasteiger partial charge in [-0.05, 0) is 42.3 Å². The molecule has 4 nitrogen and oxygen atoms in total. The highest BCUT2D eigenvalue weighted by molar-refractivity contribution is 5.79. The van der Waals surface area contributed by atoms with Crippen LogP contribution in [0.15, 0.2) is 53.5 Å². The Morgan fingerprint density at radius 3 is 2.56 bits per heavy atom. The van der Waals surface area contributed by atoms with Gasteiger partial charge in [0.25, 0.3) is 0 Å². The highest BCUT2D eigenvalue weighted by Crippen LogP contribution is 2.22. The third-order valence-electron chi connectivity index (χ3n) is 3.98. The molecule has 2 aromatic rings. The first-order valence-electron chi connectivity index (χ1n) is 8.47. The quantitative estimate of drug-likeness (QED) is 0.555. The zero-order valence-electron chi connectivity index (χ0n) is 15.0. The molecule has 0 amide bonds.